The molecular weight excluding hydrogens is 184 g/mol. The minimum absolute atomic E-state index is 0.106. The summed E-state index contributed by atoms with van der Waals surface area (Å²) in [5.41, 5.74) is 0. The van der Waals surface area contributed by atoms with Gasteiger partial charge in [-0.25, -0.2) is 0 Å². The summed E-state index contributed by atoms with van der Waals surface area (Å²) in [7, 11) is 3.26. The van der Waals surface area contributed by atoms with E-state index in [0.29, 0.717) is 12.5 Å². The van der Waals surface area contributed by atoms with E-state index in [1.807, 2.05) is 6.92 Å². The molecule has 0 aromatic carbocycles. The maximum Gasteiger partial charge on any atom is 0.146 e. The van der Waals surface area contributed by atoms with Crippen LogP contribution in [0.2, 0.25) is 0 Å². The summed E-state index contributed by atoms with van der Waals surface area (Å²) in [5, 5.41) is 9.85. The highest BCUT2D eigenvalue weighted by Gasteiger charge is 2.40. The zero-order valence-corrected chi connectivity index (χ0v) is 9.10. The van der Waals surface area contributed by atoms with Crippen LogP contribution in [-0.2, 0) is 14.2 Å². The van der Waals surface area contributed by atoms with Crippen molar-refractivity contribution in [1.29, 1.82) is 0 Å². The Bertz CT molecular complexity index is 162. The first kappa shape index (κ1) is 11.9. The van der Waals surface area contributed by atoms with Crippen molar-refractivity contribution in [3.63, 3.8) is 0 Å². The van der Waals surface area contributed by atoms with Crippen molar-refractivity contribution in [2.45, 2.75) is 25.6 Å². The van der Waals surface area contributed by atoms with Gasteiger partial charge in [-0.05, 0) is 18.3 Å². The lowest BCUT2D eigenvalue weighted by Gasteiger charge is -2.17. The first-order valence-electron chi connectivity index (χ1n) is 4.98. The average molecular weight is 204 g/mol. The Balaban J connectivity index is 2.40. The van der Waals surface area contributed by atoms with E-state index in [1.54, 1.807) is 14.2 Å². The number of aliphatic hydroxyl groups excluding tert-OH is 1. The van der Waals surface area contributed by atoms with E-state index in [1.165, 1.54) is 0 Å². The first-order valence-corrected chi connectivity index (χ1v) is 4.98. The van der Waals surface area contributed by atoms with Crippen molar-refractivity contribution >= 4 is 0 Å². The van der Waals surface area contributed by atoms with Crippen molar-refractivity contribution in [2.24, 2.45) is 11.8 Å². The summed E-state index contributed by atoms with van der Waals surface area (Å²) < 4.78 is 15.3. The minimum Gasteiger partial charge on any atom is -0.390 e. The van der Waals surface area contributed by atoms with Crippen molar-refractivity contribution in [2.75, 3.05) is 27.6 Å². The lowest BCUT2D eigenvalue weighted by Crippen LogP contribution is -2.27. The molecule has 4 atom stereocenters. The van der Waals surface area contributed by atoms with Crippen LogP contribution < -0.4 is 0 Å². The molecule has 14 heavy (non-hydrogen) atoms. The number of hydrogen-bond acceptors (Lipinski definition) is 4. The van der Waals surface area contributed by atoms with Gasteiger partial charge in [-0.3, -0.25) is 0 Å². The molecule has 1 N–H and O–H groups in total. The lowest BCUT2D eigenvalue weighted by molar-refractivity contribution is -0.106. The molecule has 0 heterocycles. The van der Waals surface area contributed by atoms with E-state index in [2.05, 4.69) is 0 Å². The number of hydrogen-bond donors (Lipinski definition) is 1. The molecule has 0 aromatic rings. The predicted octanol–water partition coefficient (Wildman–Crippen LogP) is 0.639. The van der Waals surface area contributed by atoms with Gasteiger partial charge in [-0.2, -0.15) is 0 Å². The zero-order chi connectivity index (χ0) is 10.6. The molecule has 1 aliphatic carbocycles. The summed E-state index contributed by atoms with van der Waals surface area (Å²) in [6, 6.07) is 0. The fraction of sp³-hybridized carbons (Fsp3) is 1.00. The first-order chi connectivity index (χ1) is 6.70. The monoisotopic (exact) mass is 204 g/mol. The molecule has 1 fully saturated rings. The van der Waals surface area contributed by atoms with Crippen LogP contribution in [-0.4, -0.2) is 44.9 Å². The van der Waals surface area contributed by atoms with E-state index in [-0.39, 0.29) is 18.8 Å². The summed E-state index contributed by atoms with van der Waals surface area (Å²) >= 11 is 0. The van der Waals surface area contributed by atoms with Gasteiger partial charge in [0, 0.05) is 20.8 Å². The molecule has 0 aromatic heterocycles. The summed E-state index contributed by atoms with van der Waals surface area (Å²) in [5.74, 6) is 0.619. The Morgan fingerprint density at radius 2 is 2.00 bits per heavy atom. The van der Waals surface area contributed by atoms with Crippen LogP contribution in [0, 0.1) is 11.8 Å². The predicted molar refractivity (Wildman–Crippen MR) is 51.9 cm³/mol. The smallest absolute Gasteiger partial charge is 0.146 e. The van der Waals surface area contributed by atoms with Gasteiger partial charge in [0.1, 0.15) is 6.79 Å². The molecule has 0 radical (unpaired) electrons. The molecule has 1 rings (SSSR count). The number of ether oxygens (including phenoxy) is 3. The van der Waals surface area contributed by atoms with Crippen molar-refractivity contribution in [1.82, 2.24) is 0 Å². The largest absolute Gasteiger partial charge is 0.390 e. The molecule has 0 spiro atoms. The topological polar surface area (TPSA) is 47.9 Å². The van der Waals surface area contributed by atoms with Crippen LogP contribution in [0.25, 0.3) is 0 Å². The molecule has 4 nitrogen and oxygen atoms in total. The van der Waals surface area contributed by atoms with Gasteiger partial charge in [0.05, 0.1) is 12.2 Å². The summed E-state index contributed by atoms with van der Waals surface area (Å²) in [6.45, 7) is 2.96. The molecule has 4 heteroatoms. The maximum absolute atomic E-state index is 9.85. The van der Waals surface area contributed by atoms with Gasteiger partial charge in [0.15, 0.2) is 0 Å². The normalized spacial score (nSPS) is 37.7. The average Bonchev–Trinajstić information content (AvgIpc) is 2.44. The van der Waals surface area contributed by atoms with E-state index >= 15 is 0 Å². The lowest BCUT2D eigenvalue weighted by atomic mass is 9.98. The van der Waals surface area contributed by atoms with Crippen LogP contribution >= 0.6 is 0 Å². The second-order valence-electron chi connectivity index (χ2n) is 3.91. The highest BCUT2D eigenvalue weighted by Crippen LogP contribution is 2.33. The summed E-state index contributed by atoms with van der Waals surface area (Å²) in [4.78, 5) is 0. The number of rotatable bonds is 5. The Labute approximate surface area is 85.2 Å². The third-order valence-corrected chi connectivity index (χ3v) is 2.98. The molecule has 84 valence electrons. The van der Waals surface area contributed by atoms with Crippen LogP contribution in [0.5, 0.6) is 0 Å². The zero-order valence-electron chi connectivity index (χ0n) is 9.10. The van der Waals surface area contributed by atoms with Gasteiger partial charge in [-0.1, -0.05) is 6.92 Å². The maximum atomic E-state index is 9.85. The molecule has 1 saturated carbocycles. The van der Waals surface area contributed by atoms with Crippen LogP contribution in [0.1, 0.15) is 13.3 Å². The molecule has 0 saturated heterocycles. The number of aliphatic hydroxyl groups is 1. The Morgan fingerprint density at radius 1 is 1.29 bits per heavy atom. The second-order valence-corrected chi connectivity index (χ2v) is 3.91. The Morgan fingerprint density at radius 3 is 2.57 bits per heavy atom. The van der Waals surface area contributed by atoms with Crippen molar-refractivity contribution in [3.8, 4) is 0 Å². The summed E-state index contributed by atoms with van der Waals surface area (Å²) in [6.07, 6.45) is 0.342. The second kappa shape index (κ2) is 5.66. The van der Waals surface area contributed by atoms with Gasteiger partial charge < -0.3 is 19.3 Å². The number of methoxy groups -OCH3 is 2. The van der Waals surface area contributed by atoms with Crippen molar-refractivity contribution in [3.05, 3.63) is 0 Å². The van der Waals surface area contributed by atoms with E-state index in [4.69, 9.17) is 14.2 Å². The molecule has 1 aliphatic rings. The molecule has 4 unspecified atom stereocenters. The van der Waals surface area contributed by atoms with E-state index < -0.39 is 6.10 Å². The van der Waals surface area contributed by atoms with Gasteiger partial charge in [-0.15, -0.1) is 0 Å². The fourth-order valence-corrected chi connectivity index (χ4v) is 2.03. The standard InChI is InChI=1S/C10H20O4/c1-7-8(5-12-2)4-9(10(7)11)14-6-13-3/h7-11H,4-6H2,1-3H3. The quantitative estimate of drug-likeness (QED) is 0.668. The van der Waals surface area contributed by atoms with E-state index in [9.17, 15) is 5.11 Å². The van der Waals surface area contributed by atoms with Gasteiger partial charge in [0.25, 0.3) is 0 Å². The third-order valence-electron chi connectivity index (χ3n) is 2.98. The van der Waals surface area contributed by atoms with E-state index in [0.717, 1.165) is 6.42 Å². The molecule has 0 aliphatic heterocycles. The molecular formula is C10H20O4. The molecule has 0 bridgehead atoms. The highest BCUT2D eigenvalue weighted by molar-refractivity contribution is 4.89. The van der Waals surface area contributed by atoms with Crippen LogP contribution in [0.3, 0.4) is 0 Å². The fourth-order valence-electron chi connectivity index (χ4n) is 2.03. The molecule has 0 amide bonds. The van der Waals surface area contributed by atoms with Crippen LogP contribution in [0.15, 0.2) is 0 Å². The Hall–Kier alpha value is -0.160. The third kappa shape index (κ3) is 2.67. The van der Waals surface area contributed by atoms with Crippen molar-refractivity contribution < 1.29 is 19.3 Å². The Kier molecular flexibility index (Phi) is 4.81. The SMILES string of the molecule is COCOC1CC(COC)C(C)C1O. The minimum atomic E-state index is -0.398. The van der Waals surface area contributed by atoms with Gasteiger partial charge >= 0.3 is 0 Å². The van der Waals surface area contributed by atoms with Crippen LogP contribution in [0.4, 0.5) is 0 Å². The highest BCUT2D eigenvalue weighted by atomic mass is 16.7. The van der Waals surface area contributed by atoms with Gasteiger partial charge in [0.2, 0.25) is 0 Å².